The summed E-state index contributed by atoms with van der Waals surface area (Å²) in [4.78, 5) is 8.31. The van der Waals surface area contributed by atoms with Crippen molar-refractivity contribution in [1.82, 2.24) is 9.97 Å². The molecule has 0 aliphatic heterocycles. The molecular formula is C15H24ClN3O. The zero-order valence-electron chi connectivity index (χ0n) is 12.3. The number of nitrogens with one attached hydrogen (secondary N) is 1. The van der Waals surface area contributed by atoms with E-state index in [0.29, 0.717) is 17.6 Å². The van der Waals surface area contributed by atoms with E-state index in [1.54, 1.807) is 0 Å². The van der Waals surface area contributed by atoms with Crippen molar-refractivity contribution in [2.24, 2.45) is 5.92 Å². The molecule has 4 nitrogen and oxygen atoms in total. The Morgan fingerprint density at radius 3 is 3.00 bits per heavy atom. The molecule has 1 heterocycles. The smallest absolute Gasteiger partial charge is 0.137 e. The number of aliphatic hydroxyl groups is 1. The maximum atomic E-state index is 10.7. The van der Waals surface area contributed by atoms with Gasteiger partial charge in [0.2, 0.25) is 0 Å². The van der Waals surface area contributed by atoms with Gasteiger partial charge in [0.15, 0.2) is 0 Å². The van der Waals surface area contributed by atoms with Crippen LogP contribution in [0, 0.1) is 5.92 Å². The molecule has 20 heavy (non-hydrogen) atoms. The number of anilines is 1. The molecule has 0 saturated heterocycles. The van der Waals surface area contributed by atoms with E-state index < -0.39 is 5.60 Å². The SMILES string of the molecule is CCCc1c(Cl)ncnc1NCC1(O)CCCC(C)C1. The summed E-state index contributed by atoms with van der Waals surface area (Å²) in [5.41, 5.74) is 0.322. The fourth-order valence-corrected chi connectivity index (χ4v) is 3.28. The summed E-state index contributed by atoms with van der Waals surface area (Å²) in [7, 11) is 0. The predicted molar refractivity (Wildman–Crippen MR) is 82.1 cm³/mol. The van der Waals surface area contributed by atoms with Crippen molar-refractivity contribution in [2.45, 2.75) is 58.0 Å². The van der Waals surface area contributed by atoms with E-state index >= 15 is 0 Å². The van der Waals surface area contributed by atoms with E-state index in [9.17, 15) is 5.11 Å². The number of halogens is 1. The van der Waals surface area contributed by atoms with Crippen LogP contribution in [0.1, 0.15) is 51.5 Å². The molecule has 2 rings (SSSR count). The van der Waals surface area contributed by atoms with Gasteiger partial charge >= 0.3 is 0 Å². The Labute approximate surface area is 126 Å². The molecule has 0 amide bonds. The molecule has 5 heteroatoms. The van der Waals surface area contributed by atoms with Crippen LogP contribution in [0.25, 0.3) is 0 Å². The molecular weight excluding hydrogens is 274 g/mol. The molecule has 0 spiro atoms. The van der Waals surface area contributed by atoms with Crippen molar-refractivity contribution in [1.29, 1.82) is 0 Å². The third kappa shape index (κ3) is 3.83. The summed E-state index contributed by atoms with van der Waals surface area (Å²) in [6, 6.07) is 0. The maximum Gasteiger partial charge on any atom is 0.137 e. The van der Waals surface area contributed by atoms with Crippen LogP contribution in [0.4, 0.5) is 5.82 Å². The van der Waals surface area contributed by atoms with Crippen molar-refractivity contribution < 1.29 is 5.11 Å². The minimum atomic E-state index is -0.626. The number of rotatable bonds is 5. The third-order valence-electron chi connectivity index (χ3n) is 4.05. The Morgan fingerprint density at radius 2 is 2.30 bits per heavy atom. The average Bonchev–Trinajstić information content (AvgIpc) is 2.39. The number of aromatic nitrogens is 2. The van der Waals surface area contributed by atoms with Gasteiger partial charge in [0, 0.05) is 12.1 Å². The van der Waals surface area contributed by atoms with E-state index in [-0.39, 0.29) is 0 Å². The first-order valence-corrected chi connectivity index (χ1v) is 7.87. The van der Waals surface area contributed by atoms with Crippen LogP contribution in [0.15, 0.2) is 6.33 Å². The molecule has 1 aliphatic rings. The van der Waals surface area contributed by atoms with Crippen molar-refractivity contribution in [3.8, 4) is 0 Å². The summed E-state index contributed by atoms with van der Waals surface area (Å²) >= 11 is 6.13. The lowest BCUT2D eigenvalue weighted by atomic mass is 9.79. The Kier molecular flexibility index (Phi) is 5.22. The Balaban J connectivity index is 2.05. The lowest BCUT2D eigenvalue weighted by Gasteiger charge is -2.35. The van der Waals surface area contributed by atoms with Gasteiger partial charge in [-0.1, -0.05) is 44.7 Å². The Morgan fingerprint density at radius 1 is 1.50 bits per heavy atom. The van der Waals surface area contributed by atoms with Gasteiger partial charge in [-0.3, -0.25) is 0 Å². The van der Waals surface area contributed by atoms with E-state index in [2.05, 4.69) is 29.1 Å². The fourth-order valence-electron chi connectivity index (χ4n) is 3.06. The zero-order chi connectivity index (χ0) is 14.6. The Bertz CT molecular complexity index is 455. The van der Waals surface area contributed by atoms with Gasteiger partial charge in [-0.25, -0.2) is 9.97 Å². The van der Waals surface area contributed by atoms with E-state index in [1.165, 1.54) is 12.7 Å². The van der Waals surface area contributed by atoms with Crippen LogP contribution in [0.2, 0.25) is 5.15 Å². The fraction of sp³-hybridized carbons (Fsp3) is 0.733. The van der Waals surface area contributed by atoms with E-state index in [1.807, 2.05) is 0 Å². The van der Waals surface area contributed by atoms with Gasteiger partial charge in [-0.05, 0) is 25.2 Å². The van der Waals surface area contributed by atoms with E-state index in [4.69, 9.17) is 11.6 Å². The molecule has 1 aromatic heterocycles. The standard InChI is InChI=1S/C15H24ClN3O/c1-3-5-12-13(16)18-10-19-14(12)17-9-15(20)7-4-6-11(2)8-15/h10-11,20H,3-9H2,1-2H3,(H,17,18,19). The minimum absolute atomic E-state index is 0.508. The molecule has 1 fully saturated rings. The van der Waals surface area contributed by atoms with Crippen molar-refractivity contribution in [2.75, 3.05) is 11.9 Å². The topological polar surface area (TPSA) is 58.0 Å². The molecule has 2 unspecified atom stereocenters. The van der Waals surface area contributed by atoms with Crippen LogP contribution in [-0.2, 0) is 6.42 Å². The molecule has 2 N–H and O–H groups in total. The minimum Gasteiger partial charge on any atom is -0.388 e. The summed E-state index contributed by atoms with van der Waals surface area (Å²) < 4.78 is 0. The zero-order valence-corrected chi connectivity index (χ0v) is 13.1. The van der Waals surface area contributed by atoms with Crippen LogP contribution >= 0.6 is 11.6 Å². The lowest BCUT2D eigenvalue weighted by molar-refractivity contribution is -0.000839. The number of nitrogens with zero attached hydrogens (tertiary/aromatic N) is 2. The normalized spacial score (nSPS) is 26.5. The second-order valence-corrected chi connectivity index (χ2v) is 6.38. The van der Waals surface area contributed by atoms with Crippen LogP contribution < -0.4 is 5.32 Å². The van der Waals surface area contributed by atoms with Gasteiger partial charge in [-0.2, -0.15) is 0 Å². The van der Waals surface area contributed by atoms with Gasteiger partial charge in [0.05, 0.1) is 5.60 Å². The molecule has 112 valence electrons. The summed E-state index contributed by atoms with van der Waals surface area (Å²) in [5.74, 6) is 1.35. The molecule has 1 saturated carbocycles. The van der Waals surface area contributed by atoms with Gasteiger partial charge < -0.3 is 10.4 Å². The molecule has 0 radical (unpaired) electrons. The first-order valence-electron chi connectivity index (χ1n) is 7.49. The second kappa shape index (κ2) is 6.72. The largest absolute Gasteiger partial charge is 0.388 e. The second-order valence-electron chi connectivity index (χ2n) is 6.02. The highest BCUT2D eigenvalue weighted by atomic mass is 35.5. The molecule has 0 aromatic carbocycles. The monoisotopic (exact) mass is 297 g/mol. The predicted octanol–water partition coefficient (Wildman–Crippen LogP) is 3.44. The number of hydrogen-bond donors (Lipinski definition) is 2. The molecule has 1 aliphatic carbocycles. The first-order chi connectivity index (χ1) is 9.54. The Hall–Kier alpha value is -0.870. The van der Waals surface area contributed by atoms with Crippen molar-refractivity contribution in [3.05, 3.63) is 17.0 Å². The van der Waals surface area contributed by atoms with Crippen molar-refractivity contribution in [3.63, 3.8) is 0 Å². The molecule has 2 atom stereocenters. The maximum absolute atomic E-state index is 10.7. The van der Waals surface area contributed by atoms with Gasteiger partial charge in [0.25, 0.3) is 0 Å². The highest BCUT2D eigenvalue weighted by Crippen LogP contribution is 2.32. The van der Waals surface area contributed by atoms with Crippen LogP contribution in [0.3, 0.4) is 0 Å². The van der Waals surface area contributed by atoms with Gasteiger partial charge in [0.1, 0.15) is 17.3 Å². The first kappa shape index (κ1) is 15.5. The molecule has 1 aromatic rings. The van der Waals surface area contributed by atoms with Gasteiger partial charge in [-0.15, -0.1) is 0 Å². The summed E-state index contributed by atoms with van der Waals surface area (Å²) in [6.45, 7) is 4.83. The summed E-state index contributed by atoms with van der Waals surface area (Å²) in [5, 5.41) is 14.4. The van der Waals surface area contributed by atoms with Crippen LogP contribution in [-0.4, -0.2) is 27.2 Å². The van der Waals surface area contributed by atoms with E-state index in [0.717, 1.165) is 43.5 Å². The highest BCUT2D eigenvalue weighted by molar-refractivity contribution is 6.30. The van der Waals surface area contributed by atoms with Crippen LogP contribution in [0.5, 0.6) is 0 Å². The highest BCUT2D eigenvalue weighted by Gasteiger charge is 2.32. The quantitative estimate of drug-likeness (QED) is 0.818. The number of hydrogen-bond acceptors (Lipinski definition) is 4. The summed E-state index contributed by atoms with van der Waals surface area (Å²) in [6.07, 6.45) is 7.31. The van der Waals surface area contributed by atoms with Crippen molar-refractivity contribution >= 4 is 17.4 Å². The average molecular weight is 298 g/mol. The molecule has 0 bridgehead atoms. The lowest BCUT2D eigenvalue weighted by Crippen LogP contribution is -2.41. The third-order valence-corrected chi connectivity index (χ3v) is 4.37.